The molecule has 3 atom stereocenters. The van der Waals surface area contributed by atoms with Gasteiger partial charge in [-0.25, -0.2) is 0 Å². The molecule has 1 rings (SSSR count). The first-order chi connectivity index (χ1) is 6.41. The molecule has 1 aliphatic carbocycles. The van der Waals surface area contributed by atoms with Crippen LogP contribution in [0.4, 0.5) is 0 Å². The molecular formula is C9H17N2O2P. The molecule has 0 saturated heterocycles. The van der Waals surface area contributed by atoms with Crippen molar-refractivity contribution < 1.29 is 10.0 Å². The number of carbonyl (C=O) groups is 1. The van der Waals surface area contributed by atoms with Gasteiger partial charge in [-0.05, 0) is 0 Å². The maximum Gasteiger partial charge on any atom is 0.152 e. The van der Waals surface area contributed by atoms with E-state index in [1.165, 1.54) is 0 Å². The van der Waals surface area contributed by atoms with E-state index in [1.807, 2.05) is 31.5 Å². The van der Waals surface area contributed by atoms with Crippen LogP contribution in [0.3, 0.4) is 0 Å². The lowest BCUT2D eigenvalue weighted by atomic mass is 9.74. The monoisotopic (exact) mass is 216 g/mol. The van der Waals surface area contributed by atoms with Crippen molar-refractivity contribution in [2.24, 2.45) is 23.0 Å². The van der Waals surface area contributed by atoms with Crippen LogP contribution in [0.25, 0.3) is 0 Å². The van der Waals surface area contributed by atoms with Crippen molar-refractivity contribution in [3.63, 3.8) is 0 Å². The zero-order chi connectivity index (χ0) is 10.9. The molecule has 0 aromatic rings. The Kier molecular flexibility index (Phi) is 3.43. The van der Waals surface area contributed by atoms with Crippen molar-refractivity contribution in [1.82, 2.24) is 5.48 Å². The molecule has 14 heavy (non-hydrogen) atoms. The van der Waals surface area contributed by atoms with Gasteiger partial charge in [0.2, 0.25) is 0 Å². The summed E-state index contributed by atoms with van der Waals surface area (Å²) in [6, 6.07) is 0. The van der Waals surface area contributed by atoms with E-state index < -0.39 is 11.6 Å². The van der Waals surface area contributed by atoms with Crippen LogP contribution in [0.15, 0.2) is 12.2 Å². The lowest BCUT2D eigenvalue weighted by Crippen LogP contribution is -2.52. The van der Waals surface area contributed by atoms with Crippen molar-refractivity contribution in [2.75, 3.05) is 0 Å². The summed E-state index contributed by atoms with van der Waals surface area (Å²) in [5.74, 6) is -0.00319. The minimum absolute atomic E-state index is 0.0238. The molecule has 4 nitrogen and oxygen atoms in total. The number of rotatable bonds is 5. The van der Waals surface area contributed by atoms with Gasteiger partial charge >= 0.3 is 0 Å². The minimum Gasteiger partial charge on any atom is -0.315 e. The third-order valence-electron chi connectivity index (χ3n) is 2.85. The molecule has 0 radical (unpaired) electrons. The van der Waals surface area contributed by atoms with Crippen LogP contribution >= 0.6 is 9.24 Å². The Morgan fingerprint density at radius 1 is 1.64 bits per heavy atom. The quantitative estimate of drug-likeness (QED) is 0.270. The minimum atomic E-state index is -0.612. The second kappa shape index (κ2) is 4.07. The molecule has 3 unspecified atom stereocenters. The van der Waals surface area contributed by atoms with Crippen molar-refractivity contribution in [1.29, 1.82) is 0 Å². The number of hydrogen-bond acceptors (Lipinski definition) is 4. The molecule has 5 heteroatoms. The molecule has 0 bridgehead atoms. The van der Waals surface area contributed by atoms with E-state index in [9.17, 15) is 4.79 Å². The van der Waals surface area contributed by atoms with E-state index in [0.717, 1.165) is 0 Å². The normalized spacial score (nSPS) is 20.6. The molecule has 0 aromatic carbocycles. The van der Waals surface area contributed by atoms with Gasteiger partial charge in [-0.15, -0.1) is 0 Å². The summed E-state index contributed by atoms with van der Waals surface area (Å²) in [5, 5.41) is 8.79. The maximum absolute atomic E-state index is 11.5. The lowest BCUT2D eigenvalue weighted by molar-refractivity contribution is -0.120. The maximum atomic E-state index is 11.5. The predicted molar refractivity (Wildman–Crippen MR) is 57.5 cm³/mol. The smallest absolute Gasteiger partial charge is 0.152 e. The van der Waals surface area contributed by atoms with Gasteiger partial charge in [0.25, 0.3) is 0 Å². The highest BCUT2D eigenvalue weighted by Crippen LogP contribution is 2.42. The van der Waals surface area contributed by atoms with Gasteiger partial charge in [0, 0.05) is 17.3 Å². The SMILES string of the molecule is CC(C)(C(N)NO)C(C(=O)P)C1C=C1. The third kappa shape index (κ3) is 2.20. The third-order valence-corrected chi connectivity index (χ3v) is 3.21. The highest BCUT2D eigenvalue weighted by atomic mass is 31.0. The highest BCUT2D eigenvalue weighted by molar-refractivity contribution is 7.40. The largest absolute Gasteiger partial charge is 0.315 e. The lowest BCUT2D eigenvalue weighted by Gasteiger charge is -2.37. The summed E-state index contributed by atoms with van der Waals surface area (Å²) < 4.78 is 0. The van der Waals surface area contributed by atoms with Crippen LogP contribution in [-0.2, 0) is 4.79 Å². The average molecular weight is 216 g/mol. The van der Waals surface area contributed by atoms with Crippen LogP contribution in [-0.4, -0.2) is 16.9 Å². The number of hydrogen-bond donors (Lipinski definition) is 3. The van der Waals surface area contributed by atoms with Crippen LogP contribution in [0.1, 0.15) is 13.8 Å². The Bertz CT molecular complexity index is 260. The van der Waals surface area contributed by atoms with Crippen LogP contribution < -0.4 is 11.2 Å². The van der Waals surface area contributed by atoms with Gasteiger partial charge in [-0.3, -0.25) is 4.79 Å². The van der Waals surface area contributed by atoms with Crippen molar-refractivity contribution in [3.8, 4) is 0 Å². The van der Waals surface area contributed by atoms with Gasteiger partial charge < -0.3 is 10.9 Å². The predicted octanol–water partition coefficient (Wildman–Crippen LogP) is 0.480. The van der Waals surface area contributed by atoms with Crippen molar-refractivity contribution >= 4 is 14.8 Å². The molecule has 80 valence electrons. The molecule has 0 aliphatic heterocycles. The van der Waals surface area contributed by atoms with Crippen LogP contribution in [0, 0.1) is 17.3 Å². The van der Waals surface area contributed by atoms with E-state index in [4.69, 9.17) is 10.9 Å². The molecule has 4 N–H and O–H groups in total. The number of allylic oxidation sites excluding steroid dienone is 2. The number of carbonyl (C=O) groups excluding carboxylic acids is 1. The molecule has 0 aromatic heterocycles. The second-order valence-electron chi connectivity index (χ2n) is 4.27. The summed E-state index contributed by atoms with van der Waals surface area (Å²) in [5.41, 5.74) is 7.26. The Labute approximate surface area is 86.1 Å². The van der Waals surface area contributed by atoms with Gasteiger partial charge in [-0.1, -0.05) is 35.2 Å². The molecule has 1 aliphatic rings. The first-order valence-corrected chi connectivity index (χ1v) is 5.12. The average Bonchev–Trinajstić information content (AvgIpc) is 2.85. The Morgan fingerprint density at radius 2 is 2.14 bits per heavy atom. The zero-order valence-corrected chi connectivity index (χ0v) is 9.55. The fraction of sp³-hybridized carbons (Fsp3) is 0.667. The van der Waals surface area contributed by atoms with Gasteiger partial charge in [-0.2, -0.15) is 5.48 Å². The fourth-order valence-corrected chi connectivity index (χ4v) is 2.35. The van der Waals surface area contributed by atoms with E-state index in [1.54, 1.807) is 0 Å². The molecule has 0 amide bonds. The molecule has 0 heterocycles. The van der Waals surface area contributed by atoms with E-state index in [2.05, 4.69) is 9.24 Å². The highest BCUT2D eigenvalue weighted by Gasteiger charge is 2.44. The Morgan fingerprint density at radius 3 is 2.43 bits per heavy atom. The summed E-state index contributed by atoms with van der Waals surface area (Å²) in [7, 11) is 2.19. The van der Waals surface area contributed by atoms with Gasteiger partial charge in [0.1, 0.15) is 0 Å². The first-order valence-electron chi connectivity index (χ1n) is 4.54. The van der Waals surface area contributed by atoms with Gasteiger partial charge in [0.05, 0.1) is 6.17 Å². The van der Waals surface area contributed by atoms with E-state index in [-0.39, 0.29) is 17.4 Å². The fourth-order valence-electron chi connectivity index (χ4n) is 1.70. The summed E-state index contributed by atoms with van der Waals surface area (Å²) in [4.78, 5) is 11.5. The second-order valence-corrected chi connectivity index (χ2v) is 4.84. The Balaban J connectivity index is 2.79. The molecule has 0 saturated carbocycles. The Hall–Kier alpha value is -0.280. The van der Waals surface area contributed by atoms with Crippen molar-refractivity contribution in [3.05, 3.63) is 12.2 Å². The van der Waals surface area contributed by atoms with Crippen LogP contribution in [0.2, 0.25) is 0 Å². The first kappa shape index (κ1) is 11.8. The van der Waals surface area contributed by atoms with E-state index >= 15 is 0 Å². The molecule has 0 fully saturated rings. The molecule has 0 spiro atoms. The van der Waals surface area contributed by atoms with Gasteiger partial charge in [0.15, 0.2) is 5.52 Å². The summed E-state index contributed by atoms with van der Waals surface area (Å²) in [6.07, 6.45) is 3.33. The summed E-state index contributed by atoms with van der Waals surface area (Å²) >= 11 is 0. The zero-order valence-electron chi connectivity index (χ0n) is 8.40. The molecular weight excluding hydrogens is 199 g/mol. The standard InChI is InChI=1S/C9H17N2O2P/c1-9(2,8(10)11-13)6(7(12)14)5-3-4-5/h3-6,8,11,13H,10,14H2,1-2H3. The number of hydroxylamine groups is 1. The number of nitrogens with one attached hydrogen (secondary N) is 1. The van der Waals surface area contributed by atoms with E-state index in [0.29, 0.717) is 0 Å². The number of nitrogens with two attached hydrogens (primary N) is 1. The topological polar surface area (TPSA) is 75.3 Å². The van der Waals surface area contributed by atoms with Crippen LogP contribution in [0.5, 0.6) is 0 Å². The summed E-state index contributed by atoms with van der Waals surface area (Å²) in [6.45, 7) is 3.74. The van der Waals surface area contributed by atoms with Crippen molar-refractivity contribution in [2.45, 2.75) is 20.0 Å².